The Morgan fingerprint density at radius 3 is 2.38 bits per heavy atom. The second-order valence-corrected chi connectivity index (χ2v) is 7.37. The van der Waals surface area contributed by atoms with Gasteiger partial charge in [0.05, 0.1) is 22.3 Å². The summed E-state index contributed by atoms with van der Waals surface area (Å²) in [7, 11) is -2.86. The van der Waals surface area contributed by atoms with Crippen LogP contribution in [0.15, 0.2) is 53.7 Å². The number of imidazole rings is 1. The van der Waals surface area contributed by atoms with Crippen molar-refractivity contribution < 1.29 is 26.0 Å². The molecule has 1 heterocycles. The average molecular weight is 387 g/mol. The summed E-state index contributed by atoms with van der Waals surface area (Å²) in [6.45, 7) is 0. The molecule has 5 nitrogen and oxygen atoms in total. The Hall–Kier alpha value is -2.46. The molecule has 0 saturated carbocycles. The zero-order valence-electron chi connectivity index (χ0n) is 13.3. The second-order valence-electron chi connectivity index (χ2n) is 5.65. The molecule has 0 aliphatic heterocycles. The molecule has 1 aromatic heterocycles. The first-order chi connectivity index (χ1) is 12.1. The zero-order valence-corrected chi connectivity index (χ0v) is 14.1. The highest BCUT2D eigenvalue weighted by Crippen LogP contribution is 2.34. The van der Waals surface area contributed by atoms with Crippen molar-refractivity contribution in [1.29, 1.82) is 0 Å². The highest BCUT2D eigenvalue weighted by molar-refractivity contribution is 7.89. The lowest BCUT2D eigenvalue weighted by Crippen LogP contribution is -2.38. The molecular weight excluding hydrogens is 374 g/mol. The van der Waals surface area contributed by atoms with Crippen LogP contribution >= 0.6 is 0 Å². The van der Waals surface area contributed by atoms with E-state index < -0.39 is 33.6 Å². The molecule has 1 unspecified atom stereocenters. The average Bonchev–Trinajstić information content (AvgIpc) is 2.93. The van der Waals surface area contributed by atoms with Crippen molar-refractivity contribution in [2.45, 2.75) is 17.1 Å². The van der Waals surface area contributed by atoms with Crippen molar-refractivity contribution >= 4 is 21.1 Å². The van der Waals surface area contributed by atoms with Gasteiger partial charge in [0.15, 0.2) is 0 Å². The smallest absolute Gasteiger partial charge is 0.334 e. The highest BCUT2D eigenvalue weighted by atomic mass is 32.2. The molecule has 0 saturated heterocycles. The SMILES string of the molecule is Cn1cnc2ccc(S(=O)(=O)NC(c3ccc(F)cc3)C(F)(F)F)cc21. The lowest BCUT2D eigenvalue weighted by molar-refractivity contribution is -0.153. The third-order valence-electron chi connectivity index (χ3n) is 3.81. The van der Waals surface area contributed by atoms with Crippen LogP contribution in [-0.4, -0.2) is 24.1 Å². The number of rotatable bonds is 4. The number of hydrogen-bond donors (Lipinski definition) is 1. The molecular formula is C16H13F4N3O2S. The fourth-order valence-electron chi connectivity index (χ4n) is 2.48. The summed E-state index contributed by atoms with van der Waals surface area (Å²) >= 11 is 0. The summed E-state index contributed by atoms with van der Waals surface area (Å²) in [6.07, 6.45) is -3.44. The van der Waals surface area contributed by atoms with Crippen LogP contribution in [-0.2, 0) is 17.1 Å². The van der Waals surface area contributed by atoms with Gasteiger partial charge in [-0.25, -0.2) is 17.8 Å². The topological polar surface area (TPSA) is 64.0 Å². The molecule has 0 bridgehead atoms. The van der Waals surface area contributed by atoms with Crippen molar-refractivity contribution in [3.63, 3.8) is 0 Å². The molecule has 138 valence electrons. The van der Waals surface area contributed by atoms with Gasteiger partial charge >= 0.3 is 6.18 Å². The van der Waals surface area contributed by atoms with Gasteiger partial charge in [-0.15, -0.1) is 0 Å². The Bertz CT molecular complexity index is 1040. The lowest BCUT2D eigenvalue weighted by Gasteiger charge is -2.22. The molecule has 0 aliphatic rings. The predicted molar refractivity (Wildman–Crippen MR) is 86.2 cm³/mol. The molecule has 26 heavy (non-hydrogen) atoms. The fourth-order valence-corrected chi connectivity index (χ4v) is 3.71. The van der Waals surface area contributed by atoms with E-state index in [2.05, 4.69) is 4.98 Å². The van der Waals surface area contributed by atoms with Crippen molar-refractivity contribution in [3.05, 3.63) is 60.2 Å². The molecule has 2 aromatic carbocycles. The largest absolute Gasteiger partial charge is 0.408 e. The van der Waals surface area contributed by atoms with Crippen molar-refractivity contribution in [1.82, 2.24) is 14.3 Å². The van der Waals surface area contributed by atoms with E-state index in [1.165, 1.54) is 24.5 Å². The van der Waals surface area contributed by atoms with Crippen molar-refractivity contribution in [2.24, 2.45) is 7.05 Å². The number of hydrogen-bond acceptors (Lipinski definition) is 3. The lowest BCUT2D eigenvalue weighted by atomic mass is 10.1. The summed E-state index contributed by atoms with van der Waals surface area (Å²) in [5.41, 5.74) is 0.555. The number of alkyl halides is 3. The van der Waals surface area contributed by atoms with Gasteiger partial charge in [-0.3, -0.25) is 0 Å². The van der Waals surface area contributed by atoms with Crippen LogP contribution in [0, 0.1) is 5.82 Å². The van der Waals surface area contributed by atoms with Gasteiger partial charge in [0.1, 0.15) is 11.9 Å². The van der Waals surface area contributed by atoms with Gasteiger partial charge in [-0.2, -0.15) is 17.9 Å². The summed E-state index contributed by atoms with van der Waals surface area (Å²) in [6, 6.07) is 4.77. The standard InChI is InChI=1S/C16H13F4N3O2S/c1-23-9-21-13-7-6-12(8-14(13)23)26(24,25)22-15(16(18,19)20)10-2-4-11(17)5-3-10/h2-9,15,22H,1H3. The maximum absolute atomic E-state index is 13.4. The Morgan fingerprint density at radius 1 is 1.12 bits per heavy atom. The van der Waals surface area contributed by atoms with Gasteiger partial charge in [0.25, 0.3) is 0 Å². The first-order valence-electron chi connectivity index (χ1n) is 7.33. The van der Waals surface area contributed by atoms with E-state index in [9.17, 15) is 26.0 Å². The van der Waals surface area contributed by atoms with Crippen molar-refractivity contribution in [3.8, 4) is 0 Å². The monoisotopic (exact) mass is 387 g/mol. The van der Waals surface area contributed by atoms with Crippen LogP contribution < -0.4 is 4.72 Å². The van der Waals surface area contributed by atoms with Crippen molar-refractivity contribution in [2.75, 3.05) is 0 Å². The van der Waals surface area contributed by atoms with Gasteiger partial charge in [-0.05, 0) is 35.9 Å². The summed E-state index contributed by atoms with van der Waals surface area (Å²) in [4.78, 5) is 3.70. The fraction of sp³-hybridized carbons (Fsp3) is 0.188. The number of aryl methyl sites for hydroxylation is 1. The number of aromatic nitrogens is 2. The molecule has 1 atom stereocenters. The molecule has 10 heteroatoms. The van der Waals surface area contributed by atoms with E-state index in [1.54, 1.807) is 16.3 Å². The molecule has 0 aliphatic carbocycles. The molecule has 1 N–H and O–H groups in total. The molecule has 0 spiro atoms. The maximum atomic E-state index is 13.4. The maximum Gasteiger partial charge on any atom is 0.408 e. The highest BCUT2D eigenvalue weighted by Gasteiger charge is 2.43. The van der Waals surface area contributed by atoms with Gasteiger partial charge in [-0.1, -0.05) is 12.1 Å². The summed E-state index contributed by atoms with van der Waals surface area (Å²) < 4.78 is 81.3. The van der Waals surface area contributed by atoms with E-state index in [-0.39, 0.29) is 4.90 Å². The molecule has 0 radical (unpaired) electrons. The normalized spacial score (nSPS) is 13.9. The summed E-state index contributed by atoms with van der Waals surface area (Å²) in [5.74, 6) is -0.723. The van der Waals surface area contributed by atoms with Crippen LogP contribution in [0.25, 0.3) is 11.0 Å². The van der Waals surface area contributed by atoms with Gasteiger partial charge < -0.3 is 4.57 Å². The molecule has 0 amide bonds. The first-order valence-corrected chi connectivity index (χ1v) is 8.82. The minimum Gasteiger partial charge on any atom is -0.334 e. The molecule has 3 rings (SSSR count). The van der Waals surface area contributed by atoms with E-state index in [0.717, 1.165) is 24.3 Å². The Balaban J connectivity index is 2.00. The van der Waals surface area contributed by atoms with E-state index >= 15 is 0 Å². The third kappa shape index (κ3) is 3.56. The summed E-state index contributed by atoms with van der Waals surface area (Å²) in [5, 5.41) is 0. The van der Waals surface area contributed by atoms with E-state index in [1.807, 2.05) is 0 Å². The van der Waals surface area contributed by atoms with Crippen LogP contribution in [0.4, 0.5) is 17.6 Å². The number of fused-ring (bicyclic) bond motifs is 1. The van der Waals surface area contributed by atoms with E-state index in [0.29, 0.717) is 11.0 Å². The predicted octanol–water partition coefficient (Wildman–Crippen LogP) is 3.29. The van der Waals surface area contributed by atoms with Crippen LogP contribution in [0.2, 0.25) is 0 Å². The van der Waals surface area contributed by atoms with Crippen LogP contribution in [0.1, 0.15) is 11.6 Å². The molecule has 3 aromatic rings. The Morgan fingerprint density at radius 2 is 1.77 bits per heavy atom. The minimum absolute atomic E-state index is 0.329. The Kier molecular flexibility index (Phi) is 4.49. The zero-order chi connectivity index (χ0) is 19.1. The second kappa shape index (κ2) is 6.36. The molecule has 0 fully saturated rings. The number of sulfonamides is 1. The number of halogens is 4. The van der Waals surface area contributed by atoms with Crippen LogP contribution in [0.5, 0.6) is 0 Å². The Labute approximate surface area is 146 Å². The van der Waals surface area contributed by atoms with Crippen LogP contribution in [0.3, 0.4) is 0 Å². The third-order valence-corrected chi connectivity index (χ3v) is 5.23. The van der Waals surface area contributed by atoms with E-state index in [4.69, 9.17) is 0 Å². The number of nitrogens with zero attached hydrogens (tertiary/aromatic N) is 2. The first kappa shape index (κ1) is 18.3. The van der Waals surface area contributed by atoms with Gasteiger partial charge in [0, 0.05) is 7.05 Å². The number of benzene rings is 2. The quantitative estimate of drug-likeness (QED) is 0.699. The van der Waals surface area contributed by atoms with Gasteiger partial charge in [0.2, 0.25) is 10.0 Å². The number of nitrogens with one attached hydrogen (secondary N) is 1. The minimum atomic E-state index is -4.90.